The normalized spacial score (nSPS) is 15.5. The van der Waals surface area contributed by atoms with Gasteiger partial charge in [-0.15, -0.1) is 0 Å². The fraction of sp³-hybridized carbons (Fsp3) is 0.481. The molecule has 7 heteroatoms. The number of rotatable bonds is 5. The van der Waals surface area contributed by atoms with Gasteiger partial charge in [-0.1, -0.05) is 6.08 Å². The maximum atomic E-state index is 12.3. The van der Waals surface area contributed by atoms with E-state index in [9.17, 15) is 4.79 Å². The van der Waals surface area contributed by atoms with Crippen molar-refractivity contribution in [3.05, 3.63) is 41.9 Å². The van der Waals surface area contributed by atoms with E-state index in [1.165, 1.54) is 0 Å². The minimum atomic E-state index is -0.456. The molecular formula is C27H36N4O3. The number of aromatic nitrogens is 2. The topological polar surface area (TPSA) is 86.5 Å². The lowest BCUT2D eigenvalue weighted by Gasteiger charge is -2.33. The van der Waals surface area contributed by atoms with Crippen molar-refractivity contribution in [3.8, 4) is 11.3 Å². The second-order valence-corrected chi connectivity index (χ2v) is 10.2. The maximum absolute atomic E-state index is 12.3. The number of hydrogen-bond donors (Lipinski definition) is 1. The molecule has 0 saturated carbocycles. The first-order chi connectivity index (χ1) is 16.2. The van der Waals surface area contributed by atoms with Crippen LogP contribution in [0, 0.1) is 12.8 Å². The molecule has 1 saturated heterocycles. The zero-order valence-corrected chi connectivity index (χ0v) is 20.9. The first-order valence-corrected chi connectivity index (χ1v) is 12.1. The number of carbonyl (C=O) groups is 1. The van der Waals surface area contributed by atoms with Gasteiger partial charge in [0.2, 0.25) is 0 Å². The first kappa shape index (κ1) is 23.9. The Morgan fingerprint density at radius 2 is 2.06 bits per heavy atom. The highest BCUT2D eigenvalue weighted by Crippen LogP contribution is 2.36. The monoisotopic (exact) mass is 464 g/mol. The van der Waals surface area contributed by atoms with Crippen molar-refractivity contribution in [2.75, 3.05) is 18.8 Å². The molecule has 4 heterocycles. The highest BCUT2D eigenvalue weighted by Gasteiger charge is 2.27. The van der Waals surface area contributed by atoms with Gasteiger partial charge in [0.25, 0.3) is 0 Å². The van der Waals surface area contributed by atoms with Crippen LogP contribution in [0.15, 0.2) is 35.0 Å². The molecule has 0 aliphatic carbocycles. The number of amides is 1. The average molecular weight is 465 g/mol. The molecule has 1 fully saturated rings. The number of hydrogen-bond acceptors (Lipinski definition) is 5. The van der Waals surface area contributed by atoms with Crippen molar-refractivity contribution in [1.82, 2.24) is 14.5 Å². The number of carbonyl (C=O) groups excluding carboxylic acids is 1. The Morgan fingerprint density at radius 1 is 1.32 bits per heavy atom. The van der Waals surface area contributed by atoms with Crippen LogP contribution < -0.4 is 5.73 Å². The summed E-state index contributed by atoms with van der Waals surface area (Å²) in [6.07, 6.45) is 10.7. The molecule has 0 aromatic carbocycles. The molecule has 0 unspecified atom stereocenters. The number of anilines is 1. The van der Waals surface area contributed by atoms with E-state index in [-0.39, 0.29) is 6.09 Å². The number of fused-ring (bicyclic) bond motifs is 1. The van der Waals surface area contributed by atoms with Gasteiger partial charge in [0.1, 0.15) is 22.9 Å². The second kappa shape index (κ2) is 9.57. The summed E-state index contributed by atoms with van der Waals surface area (Å²) in [4.78, 5) is 18.6. The summed E-state index contributed by atoms with van der Waals surface area (Å²) < 4.78 is 13.9. The van der Waals surface area contributed by atoms with Gasteiger partial charge < -0.3 is 24.4 Å². The molecule has 0 bridgehead atoms. The van der Waals surface area contributed by atoms with Crippen LogP contribution in [-0.2, 0) is 11.3 Å². The standard InChI is InChI=1S/C27H36N4O3/c1-6-7-22-18(2)16-23(33-22)24-20-11-15-30(21(20)17-29-25(24)28)12-8-19-9-13-31(14-10-19)26(32)34-27(3,4)5/h6-7,11,15-17,19H,8-10,12-14H2,1-5H3,(H2,28,29). The van der Waals surface area contributed by atoms with Gasteiger partial charge in [-0.2, -0.15) is 0 Å². The Kier molecular flexibility index (Phi) is 6.73. The third-order valence-corrected chi connectivity index (χ3v) is 6.42. The zero-order chi connectivity index (χ0) is 24.5. The van der Waals surface area contributed by atoms with E-state index in [1.807, 2.05) is 63.9 Å². The van der Waals surface area contributed by atoms with Crippen LogP contribution in [0.3, 0.4) is 0 Å². The summed E-state index contributed by atoms with van der Waals surface area (Å²) in [5.74, 6) is 2.63. The second-order valence-electron chi connectivity index (χ2n) is 10.2. The van der Waals surface area contributed by atoms with Crippen LogP contribution >= 0.6 is 0 Å². The summed E-state index contributed by atoms with van der Waals surface area (Å²) in [6.45, 7) is 12.1. The van der Waals surface area contributed by atoms with E-state index in [0.29, 0.717) is 11.7 Å². The van der Waals surface area contributed by atoms with Crippen molar-refractivity contribution in [2.24, 2.45) is 5.92 Å². The third-order valence-electron chi connectivity index (χ3n) is 6.42. The molecule has 0 atom stereocenters. The quantitative estimate of drug-likeness (QED) is 0.482. The number of aryl methyl sites for hydroxylation is 2. The van der Waals surface area contributed by atoms with E-state index >= 15 is 0 Å². The third kappa shape index (κ3) is 5.13. The van der Waals surface area contributed by atoms with Crippen LogP contribution in [0.2, 0.25) is 0 Å². The number of allylic oxidation sites excluding steroid dienone is 1. The summed E-state index contributed by atoms with van der Waals surface area (Å²) in [5, 5.41) is 1.05. The van der Waals surface area contributed by atoms with Crippen molar-refractivity contribution >= 4 is 28.9 Å². The van der Waals surface area contributed by atoms with Gasteiger partial charge >= 0.3 is 6.09 Å². The van der Waals surface area contributed by atoms with Crippen LogP contribution in [-0.4, -0.2) is 39.2 Å². The number of nitrogens with zero attached hydrogens (tertiary/aromatic N) is 3. The number of likely N-dealkylation sites (tertiary alicyclic amines) is 1. The smallest absolute Gasteiger partial charge is 0.410 e. The van der Waals surface area contributed by atoms with Crippen molar-refractivity contribution in [3.63, 3.8) is 0 Å². The molecule has 1 amide bonds. The molecule has 1 aliphatic rings. The SMILES string of the molecule is CC=Cc1oc(-c2c(N)ncc3c2ccn3CCC2CCN(C(=O)OC(C)(C)C)CC2)cc1C. The lowest BCUT2D eigenvalue weighted by Crippen LogP contribution is -2.41. The summed E-state index contributed by atoms with van der Waals surface area (Å²) in [5.41, 5.74) is 8.80. The minimum Gasteiger partial charge on any atom is -0.456 e. The van der Waals surface area contributed by atoms with E-state index in [1.54, 1.807) is 0 Å². The Hall–Kier alpha value is -3.22. The molecule has 0 spiro atoms. The number of nitrogens with two attached hydrogens (primary N) is 1. The van der Waals surface area contributed by atoms with Crippen molar-refractivity contribution in [2.45, 2.75) is 66.0 Å². The Balaban J connectivity index is 1.44. The Bertz CT molecular complexity index is 1190. The summed E-state index contributed by atoms with van der Waals surface area (Å²) in [7, 11) is 0. The van der Waals surface area contributed by atoms with Gasteiger partial charge in [0.15, 0.2) is 0 Å². The highest BCUT2D eigenvalue weighted by atomic mass is 16.6. The number of pyridine rings is 1. The van der Waals surface area contributed by atoms with E-state index in [2.05, 4.69) is 21.8 Å². The largest absolute Gasteiger partial charge is 0.456 e. The van der Waals surface area contributed by atoms with Gasteiger partial charge in [-0.25, -0.2) is 9.78 Å². The Labute approximate surface area is 201 Å². The van der Waals surface area contributed by atoms with Crippen LogP contribution in [0.4, 0.5) is 10.6 Å². The molecule has 3 aromatic rings. The van der Waals surface area contributed by atoms with Gasteiger partial charge in [-0.3, -0.25) is 0 Å². The summed E-state index contributed by atoms with van der Waals surface area (Å²) >= 11 is 0. The van der Waals surface area contributed by atoms with Crippen LogP contribution in [0.1, 0.15) is 58.3 Å². The Morgan fingerprint density at radius 3 is 2.74 bits per heavy atom. The van der Waals surface area contributed by atoms with Crippen molar-refractivity contribution in [1.29, 1.82) is 0 Å². The first-order valence-electron chi connectivity index (χ1n) is 12.1. The van der Waals surface area contributed by atoms with Gasteiger partial charge in [-0.05, 0) is 83.6 Å². The molecule has 34 heavy (non-hydrogen) atoms. The lowest BCUT2D eigenvalue weighted by molar-refractivity contribution is 0.0180. The maximum Gasteiger partial charge on any atom is 0.410 e. The predicted octanol–water partition coefficient (Wildman–Crippen LogP) is 6.26. The number of ether oxygens (including phenoxy) is 1. The van der Waals surface area contributed by atoms with Gasteiger partial charge in [0.05, 0.1) is 17.3 Å². The molecule has 4 rings (SSSR count). The molecule has 7 nitrogen and oxygen atoms in total. The molecule has 2 N–H and O–H groups in total. The lowest BCUT2D eigenvalue weighted by atomic mass is 9.94. The van der Waals surface area contributed by atoms with Crippen LogP contribution in [0.5, 0.6) is 0 Å². The number of piperidine rings is 1. The molecular weight excluding hydrogens is 428 g/mol. The number of nitrogen functional groups attached to an aromatic ring is 1. The van der Waals surface area contributed by atoms with Gasteiger partial charge in [0, 0.05) is 31.2 Å². The van der Waals surface area contributed by atoms with E-state index in [4.69, 9.17) is 14.9 Å². The summed E-state index contributed by atoms with van der Waals surface area (Å²) in [6, 6.07) is 4.12. The van der Waals surface area contributed by atoms with Crippen LogP contribution in [0.25, 0.3) is 28.3 Å². The fourth-order valence-electron chi connectivity index (χ4n) is 4.62. The van der Waals surface area contributed by atoms with E-state index in [0.717, 1.165) is 72.4 Å². The minimum absolute atomic E-state index is 0.204. The predicted molar refractivity (Wildman–Crippen MR) is 136 cm³/mol. The molecule has 1 aliphatic heterocycles. The average Bonchev–Trinajstić information content (AvgIpc) is 3.35. The fourth-order valence-corrected chi connectivity index (χ4v) is 4.62. The molecule has 0 radical (unpaired) electrons. The molecule has 182 valence electrons. The van der Waals surface area contributed by atoms with E-state index < -0.39 is 5.60 Å². The number of furan rings is 1. The highest BCUT2D eigenvalue weighted by molar-refractivity contribution is 5.98. The van der Waals surface area contributed by atoms with Crippen molar-refractivity contribution < 1.29 is 13.9 Å². The zero-order valence-electron chi connectivity index (χ0n) is 20.9. The molecule has 3 aromatic heterocycles.